The zero-order chi connectivity index (χ0) is 19.9. The molecule has 4 aromatic rings. The molecule has 4 rings (SSSR count). The molecule has 0 aliphatic carbocycles. The van der Waals surface area contributed by atoms with Crippen LogP contribution in [-0.4, -0.2) is 24.2 Å². The van der Waals surface area contributed by atoms with Gasteiger partial charge in [-0.25, -0.2) is 8.42 Å². The van der Waals surface area contributed by atoms with E-state index in [1.54, 1.807) is 24.3 Å². The summed E-state index contributed by atoms with van der Waals surface area (Å²) in [6, 6.07) is 12.4. The fourth-order valence-corrected chi connectivity index (χ4v) is 4.10. The Labute approximate surface area is 163 Å². The Morgan fingerprint density at radius 2 is 1.93 bits per heavy atom. The molecular weight excluding hydrogens is 400 g/mol. The Hall–Kier alpha value is -3.42. The number of anilines is 1. The molecule has 0 unspecified atom stereocenters. The number of aromatic nitrogens is 2. The normalized spacial score (nSPS) is 11.5. The van der Waals surface area contributed by atoms with Crippen molar-refractivity contribution in [2.75, 3.05) is 4.72 Å². The SMILES string of the molecule is N#CCC(=O)c1cc2cc(S(=O)(=O)Nc3ccc4[nH]c(=S)[nH]c4c3)ccc2o1. The Morgan fingerprint density at radius 3 is 2.71 bits per heavy atom. The molecule has 0 bridgehead atoms. The lowest BCUT2D eigenvalue weighted by atomic mass is 10.2. The fourth-order valence-electron chi connectivity index (χ4n) is 2.80. The van der Waals surface area contributed by atoms with Gasteiger partial charge in [-0.2, -0.15) is 5.26 Å². The number of imidazole rings is 1. The zero-order valence-electron chi connectivity index (χ0n) is 14.1. The highest BCUT2D eigenvalue weighted by Crippen LogP contribution is 2.25. The van der Waals surface area contributed by atoms with Crippen molar-refractivity contribution < 1.29 is 17.6 Å². The summed E-state index contributed by atoms with van der Waals surface area (Å²) >= 11 is 5.02. The van der Waals surface area contributed by atoms with Gasteiger partial charge < -0.3 is 14.4 Å². The minimum Gasteiger partial charge on any atom is -0.453 e. The summed E-state index contributed by atoms with van der Waals surface area (Å²) < 4.78 is 33.8. The molecule has 2 heterocycles. The number of H-pyrrole nitrogens is 2. The lowest BCUT2D eigenvalue weighted by Crippen LogP contribution is -2.12. The highest BCUT2D eigenvalue weighted by atomic mass is 32.2. The summed E-state index contributed by atoms with van der Waals surface area (Å²) in [5.74, 6) is -0.439. The van der Waals surface area contributed by atoms with Crippen LogP contribution in [0.25, 0.3) is 22.0 Å². The minimum absolute atomic E-state index is 0.0159. The third-order valence-corrected chi connectivity index (χ3v) is 5.66. The predicted molar refractivity (Wildman–Crippen MR) is 105 cm³/mol. The fraction of sp³-hybridized carbons (Fsp3) is 0.0556. The Balaban J connectivity index is 1.67. The van der Waals surface area contributed by atoms with Crippen LogP contribution in [0.15, 0.2) is 51.8 Å². The molecule has 0 atom stereocenters. The molecule has 0 radical (unpaired) electrons. The van der Waals surface area contributed by atoms with Gasteiger partial charge in [0.05, 0.1) is 27.7 Å². The summed E-state index contributed by atoms with van der Waals surface area (Å²) in [4.78, 5) is 17.7. The second-order valence-electron chi connectivity index (χ2n) is 6.01. The van der Waals surface area contributed by atoms with Gasteiger partial charge >= 0.3 is 0 Å². The molecule has 0 saturated carbocycles. The van der Waals surface area contributed by atoms with Gasteiger partial charge in [0.15, 0.2) is 10.5 Å². The van der Waals surface area contributed by atoms with Gasteiger partial charge in [0, 0.05) is 5.39 Å². The van der Waals surface area contributed by atoms with Crippen LogP contribution < -0.4 is 4.72 Å². The van der Waals surface area contributed by atoms with E-state index in [9.17, 15) is 13.2 Å². The van der Waals surface area contributed by atoms with E-state index in [0.29, 0.717) is 26.9 Å². The highest BCUT2D eigenvalue weighted by molar-refractivity contribution is 7.92. The number of hydrogen-bond acceptors (Lipinski definition) is 6. The minimum atomic E-state index is -3.87. The number of benzene rings is 2. The van der Waals surface area contributed by atoms with E-state index in [4.69, 9.17) is 21.9 Å². The van der Waals surface area contributed by atoms with E-state index in [0.717, 1.165) is 5.52 Å². The largest absolute Gasteiger partial charge is 0.453 e. The van der Waals surface area contributed by atoms with Gasteiger partial charge in [-0.1, -0.05) is 0 Å². The molecule has 0 spiro atoms. The van der Waals surface area contributed by atoms with Crippen molar-refractivity contribution >= 4 is 55.7 Å². The summed E-state index contributed by atoms with van der Waals surface area (Å²) in [6.07, 6.45) is -0.308. The van der Waals surface area contributed by atoms with Gasteiger partial charge in [-0.05, 0) is 54.7 Å². The molecule has 0 aliphatic rings. The molecule has 2 aromatic heterocycles. The van der Waals surface area contributed by atoms with Gasteiger partial charge in [0.2, 0.25) is 5.78 Å². The van der Waals surface area contributed by atoms with Gasteiger partial charge in [0.1, 0.15) is 12.0 Å². The molecule has 8 nitrogen and oxygen atoms in total. The Morgan fingerprint density at radius 1 is 1.14 bits per heavy atom. The van der Waals surface area contributed by atoms with E-state index < -0.39 is 15.8 Å². The van der Waals surface area contributed by atoms with Crippen LogP contribution >= 0.6 is 12.2 Å². The Bertz CT molecular complexity index is 1440. The number of ketones is 1. The number of nitrogens with zero attached hydrogens (tertiary/aromatic N) is 1. The van der Waals surface area contributed by atoms with Gasteiger partial charge in [-0.15, -0.1) is 0 Å². The summed E-state index contributed by atoms with van der Waals surface area (Å²) in [6.45, 7) is 0. The van der Waals surface area contributed by atoms with Gasteiger partial charge in [0.25, 0.3) is 10.0 Å². The van der Waals surface area contributed by atoms with Crippen LogP contribution in [-0.2, 0) is 10.0 Å². The lowest BCUT2D eigenvalue weighted by molar-refractivity contribution is 0.0973. The molecule has 0 aliphatic heterocycles. The summed E-state index contributed by atoms with van der Waals surface area (Å²) in [5, 5.41) is 9.07. The van der Waals surface area contributed by atoms with Crippen LogP contribution in [0.2, 0.25) is 0 Å². The van der Waals surface area contributed by atoms with Crippen molar-refractivity contribution in [3.63, 3.8) is 0 Å². The van der Waals surface area contributed by atoms with Crippen molar-refractivity contribution in [3.8, 4) is 6.07 Å². The molecule has 2 aromatic carbocycles. The maximum atomic E-state index is 12.7. The quantitative estimate of drug-likeness (QED) is 0.337. The molecule has 10 heteroatoms. The van der Waals surface area contributed by atoms with Crippen LogP contribution in [0.5, 0.6) is 0 Å². The predicted octanol–water partition coefficient (Wildman–Crippen LogP) is 3.87. The van der Waals surface area contributed by atoms with Crippen molar-refractivity contribution in [2.45, 2.75) is 11.3 Å². The number of hydrogen-bond donors (Lipinski definition) is 3. The molecule has 0 saturated heterocycles. The molecule has 140 valence electrons. The number of sulfonamides is 1. The number of fused-ring (bicyclic) bond motifs is 2. The smallest absolute Gasteiger partial charge is 0.261 e. The van der Waals surface area contributed by atoms with Crippen LogP contribution in [0.3, 0.4) is 0 Å². The number of furan rings is 1. The standard InChI is InChI=1S/C18H12N4O4S2/c19-6-5-15(23)17-8-10-7-12(2-4-16(10)26-17)28(24,25)22-11-1-3-13-14(9-11)21-18(27)20-13/h1-4,7-9,22H,5H2,(H2,20,21,27). The first-order valence-corrected chi connectivity index (χ1v) is 9.93. The molecule has 0 fully saturated rings. The van der Waals surface area contributed by atoms with Crippen molar-refractivity contribution in [3.05, 3.63) is 53.0 Å². The van der Waals surface area contributed by atoms with Crippen LogP contribution in [0.4, 0.5) is 5.69 Å². The number of carbonyl (C=O) groups excluding carboxylic acids is 1. The average Bonchev–Trinajstić information content (AvgIpc) is 3.23. The van der Waals surface area contributed by atoms with Crippen molar-refractivity contribution in [2.24, 2.45) is 0 Å². The number of carbonyl (C=O) groups is 1. The number of aromatic amines is 2. The second kappa shape index (κ2) is 6.63. The first-order chi connectivity index (χ1) is 13.4. The van der Waals surface area contributed by atoms with E-state index in [2.05, 4.69) is 14.7 Å². The van der Waals surface area contributed by atoms with E-state index >= 15 is 0 Å². The molecule has 3 N–H and O–H groups in total. The highest BCUT2D eigenvalue weighted by Gasteiger charge is 2.18. The van der Waals surface area contributed by atoms with E-state index in [1.807, 2.05) is 0 Å². The third kappa shape index (κ3) is 3.28. The number of nitriles is 1. The number of Topliss-reactive ketones (excluding diaryl/α,β-unsaturated/α-hetero) is 1. The van der Waals surface area contributed by atoms with E-state index in [1.165, 1.54) is 24.3 Å². The maximum Gasteiger partial charge on any atom is 0.261 e. The molecule has 0 amide bonds. The number of rotatable bonds is 5. The average molecular weight is 412 g/mol. The topological polar surface area (TPSA) is 132 Å². The first kappa shape index (κ1) is 18.0. The van der Waals surface area contributed by atoms with Crippen LogP contribution in [0, 0.1) is 16.1 Å². The van der Waals surface area contributed by atoms with Crippen molar-refractivity contribution in [1.82, 2.24) is 9.97 Å². The van der Waals surface area contributed by atoms with Gasteiger partial charge in [-0.3, -0.25) is 9.52 Å². The zero-order valence-corrected chi connectivity index (χ0v) is 15.8. The second-order valence-corrected chi connectivity index (χ2v) is 8.10. The molecule has 28 heavy (non-hydrogen) atoms. The van der Waals surface area contributed by atoms with E-state index in [-0.39, 0.29) is 17.1 Å². The number of nitrogens with one attached hydrogen (secondary N) is 3. The summed E-state index contributed by atoms with van der Waals surface area (Å²) in [7, 11) is -3.87. The maximum absolute atomic E-state index is 12.7. The summed E-state index contributed by atoms with van der Waals surface area (Å²) in [5.41, 5.74) is 2.18. The Kier molecular flexibility index (Phi) is 4.26. The third-order valence-electron chi connectivity index (χ3n) is 4.08. The molecular formula is C18H12N4O4S2. The lowest BCUT2D eigenvalue weighted by Gasteiger charge is -2.08. The monoisotopic (exact) mass is 412 g/mol. The van der Waals surface area contributed by atoms with Crippen molar-refractivity contribution in [1.29, 1.82) is 5.26 Å². The van der Waals surface area contributed by atoms with Crippen LogP contribution in [0.1, 0.15) is 17.0 Å². The first-order valence-electron chi connectivity index (χ1n) is 8.04.